The van der Waals surface area contributed by atoms with Crippen LogP contribution in [0.3, 0.4) is 0 Å². The van der Waals surface area contributed by atoms with Crippen molar-refractivity contribution in [2.75, 3.05) is 0 Å². The van der Waals surface area contributed by atoms with Gasteiger partial charge in [-0.2, -0.15) is 0 Å². The molecule has 0 aromatic heterocycles. The molecule has 1 unspecified atom stereocenters. The van der Waals surface area contributed by atoms with Crippen molar-refractivity contribution >= 4 is 6.21 Å². The van der Waals surface area contributed by atoms with Crippen LogP contribution in [0.25, 0.3) is 0 Å². The second kappa shape index (κ2) is 4.32. The quantitative estimate of drug-likeness (QED) is 0.538. The lowest BCUT2D eigenvalue weighted by Gasteiger charge is -2.24. The Bertz CT molecular complexity index is 149. The summed E-state index contributed by atoms with van der Waals surface area (Å²) in [6.07, 6.45) is 9.16. The second-order valence-corrected chi connectivity index (χ2v) is 3.41. The van der Waals surface area contributed by atoms with Crippen LogP contribution in [0.2, 0.25) is 0 Å². The maximum Gasteiger partial charge on any atom is 0.0192 e. The van der Waals surface area contributed by atoms with E-state index >= 15 is 0 Å². The van der Waals surface area contributed by atoms with Gasteiger partial charge in [-0.05, 0) is 18.3 Å². The number of rotatable bonds is 2. The van der Waals surface area contributed by atoms with Gasteiger partial charge in [0.2, 0.25) is 0 Å². The fourth-order valence-corrected chi connectivity index (χ4v) is 1.74. The standard InChI is InChI=1S/C10H17N/c1-3-11-8-10-7-5-4-6-9(10)2/h3,8-10H,1,4-7H2,2H3/b11-8-/t9?,10-/m1/s1. The summed E-state index contributed by atoms with van der Waals surface area (Å²) in [6.45, 7) is 5.89. The van der Waals surface area contributed by atoms with Crippen molar-refractivity contribution in [1.82, 2.24) is 0 Å². The molecule has 0 bridgehead atoms. The minimum Gasteiger partial charge on any atom is -0.269 e. The van der Waals surface area contributed by atoms with Crippen LogP contribution in [0.1, 0.15) is 32.6 Å². The molecule has 1 aliphatic rings. The number of aliphatic imine (C=N–C) groups is 1. The molecule has 11 heavy (non-hydrogen) atoms. The van der Waals surface area contributed by atoms with E-state index in [1.165, 1.54) is 25.7 Å². The highest BCUT2D eigenvalue weighted by atomic mass is 14.7. The molecule has 0 N–H and O–H groups in total. The first-order valence-corrected chi connectivity index (χ1v) is 4.49. The molecular formula is C10H17N. The number of nitrogens with zero attached hydrogens (tertiary/aromatic N) is 1. The summed E-state index contributed by atoms with van der Waals surface area (Å²) in [5.74, 6) is 1.54. The van der Waals surface area contributed by atoms with Gasteiger partial charge in [0.05, 0.1) is 0 Å². The molecule has 0 heterocycles. The van der Waals surface area contributed by atoms with Crippen molar-refractivity contribution in [2.24, 2.45) is 16.8 Å². The van der Waals surface area contributed by atoms with Gasteiger partial charge in [-0.15, -0.1) is 0 Å². The molecule has 2 atom stereocenters. The Balaban J connectivity index is 2.41. The van der Waals surface area contributed by atoms with E-state index in [-0.39, 0.29) is 0 Å². The van der Waals surface area contributed by atoms with Crippen LogP contribution in [0.5, 0.6) is 0 Å². The van der Waals surface area contributed by atoms with Crippen LogP contribution in [0.4, 0.5) is 0 Å². The van der Waals surface area contributed by atoms with Gasteiger partial charge in [0, 0.05) is 12.4 Å². The minimum atomic E-state index is 0.710. The van der Waals surface area contributed by atoms with Gasteiger partial charge in [0.1, 0.15) is 0 Å². The SMILES string of the molecule is C=C/N=C\[C@H]1CCCCC1C. The van der Waals surface area contributed by atoms with Crippen LogP contribution < -0.4 is 0 Å². The van der Waals surface area contributed by atoms with Gasteiger partial charge in [-0.25, -0.2) is 0 Å². The first-order valence-electron chi connectivity index (χ1n) is 4.49. The summed E-state index contributed by atoms with van der Waals surface area (Å²) in [4.78, 5) is 4.08. The molecule has 0 aromatic carbocycles. The molecule has 0 saturated heterocycles. The largest absolute Gasteiger partial charge is 0.269 e. The summed E-state index contributed by atoms with van der Waals surface area (Å²) >= 11 is 0. The predicted molar refractivity (Wildman–Crippen MR) is 49.8 cm³/mol. The highest BCUT2D eigenvalue weighted by Gasteiger charge is 2.18. The van der Waals surface area contributed by atoms with E-state index in [4.69, 9.17) is 0 Å². The van der Waals surface area contributed by atoms with Gasteiger partial charge in [-0.3, -0.25) is 4.99 Å². The van der Waals surface area contributed by atoms with Gasteiger partial charge in [0.25, 0.3) is 0 Å². The molecule has 0 aliphatic heterocycles. The lowest BCUT2D eigenvalue weighted by Crippen LogP contribution is -2.17. The first-order chi connectivity index (χ1) is 5.34. The molecule has 1 saturated carbocycles. The van der Waals surface area contributed by atoms with Crippen LogP contribution in [-0.4, -0.2) is 6.21 Å². The van der Waals surface area contributed by atoms with E-state index in [2.05, 4.69) is 24.7 Å². The maximum absolute atomic E-state index is 4.08. The molecule has 62 valence electrons. The van der Waals surface area contributed by atoms with E-state index in [1.54, 1.807) is 6.20 Å². The van der Waals surface area contributed by atoms with E-state index in [9.17, 15) is 0 Å². The fraction of sp³-hybridized carbons (Fsp3) is 0.700. The highest BCUT2D eigenvalue weighted by molar-refractivity contribution is 5.61. The van der Waals surface area contributed by atoms with Crippen LogP contribution >= 0.6 is 0 Å². The number of hydrogen-bond acceptors (Lipinski definition) is 1. The smallest absolute Gasteiger partial charge is 0.0192 e. The molecule has 0 aromatic rings. The summed E-state index contributed by atoms with van der Waals surface area (Å²) in [5.41, 5.74) is 0. The third-order valence-corrected chi connectivity index (χ3v) is 2.56. The van der Waals surface area contributed by atoms with Crippen molar-refractivity contribution in [3.8, 4) is 0 Å². The summed E-state index contributed by atoms with van der Waals surface area (Å²) < 4.78 is 0. The molecule has 1 heteroatoms. The monoisotopic (exact) mass is 151 g/mol. The zero-order valence-corrected chi connectivity index (χ0v) is 7.29. The molecule has 1 aliphatic carbocycles. The van der Waals surface area contributed by atoms with Gasteiger partial charge < -0.3 is 0 Å². The van der Waals surface area contributed by atoms with Crippen molar-refractivity contribution in [3.63, 3.8) is 0 Å². The Morgan fingerprint density at radius 2 is 2.09 bits per heavy atom. The number of hydrogen-bond donors (Lipinski definition) is 0. The maximum atomic E-state index is 4.08. The fourth-order valence-electron chi connectivity index (χ4n) is 1.74. The average molecular weight is 151 g/mol. The van der Waals surface area contributed by atoms with Gasteiger partial charge >= 0.3 is 0 Å². The zero-order valence-electron chi connectivity index (χ0n) is 7.29. The molecule has 0 radical (unpaired) electrons. The summed E-state index contributed by atoms with van der Waals surface area (Å²) in [5, 5.41) is 0. The molecule has 1 rings (SSSR count). The van der Waals surface area contributed by atoms with Crippen LogP contribution in [-0.2, 0) is 0 Å². The van der Waals surface area contributed by atoms with E-state index in [0.29, 0.717) is 5.92 Å². The van der Waals surface area contributed by atoms with Crippen molar-refractivity contribution in [1.29, 1.82) is 0 Å². The Hall–Kier alpha value is -0.590. The van der Waals surface area contributed by atoms with Crippen molar-refractivity contribution in [3.05, 3.63) is 12.8 Å². The molecule has 0 spiro atoms. The lowest BCUT2D eigenvalue weighted by atomic mass is 9.81. The second-order valence-electron chi connectivity index (χ2n) is 3.41. The average Bonchev–Trinajstić information content (AvgIpc) is 2.03. The molecular weight excluding hydrogens is 134 g/mol. The predicted octanol–water partition coefficient (Wildman–Crippen LogP) is 3.03. The third-order valence-electron chi connectivity index (χ3n) is 2.56. The minimum absolute atomic E-state index is 0.710. The summed E-state index contributed by atoms with van der Waals surface area (Å²) in [6, 6.07) is 0. The summed E-state index contributed by atoms with van der Waals surface area (Å²) in [7, 11) is 0. The molecule has 0 amide bonds. The first kappa shape index (κ1) is 8.51. The topological polar surface area (TPSA) is 12.4 Å². The lowest BCUT2D eigenvalue weighted by molar-refractivity contribution is 0.329. The molecule has 1 fully saturated rings. The van der Waals surface area contributed by atoms with Gasteiger partial charge in [-0.1, -0.05) is 32.8 Å². The van der Waals surface area contributed by atoms with E-state index in [0.717, 1.165) is 5.92 Å². The Morgan fingerprint density at radius 1 is 1.36 bits per heavy atom. The van der Waals surface area contributed by atoms with E-state index < -0.39 is 0 Å². The third kappa shape index (κ3) is 2.49. The van der Waals surface area contributed by atoms with Crippen molar-refractivity contribution in [2.45, 2.75) is 32.6 Å². The van der Waals surface area contributed by atoms with E-state index in [1.807, 2.05) is 0 Å². The Kier molecular flexibility index (Phi) is 3.34. The Morgan fingerprint density at radius 3 is 2.73 bits per heavy atom. The van der Waals surface area contributed by atoms with Crippen LogP contribution in [0.15, 0.2) is 17.8 Å². The van der Waals surface area contributed by atoms with Crippen molar-refractivity contribution < 1.29 is 0 Å². The van der Waals surface area contributed by atoms with Crippen LogP contribution in [0, 0.1) is 11.8 Å². The zero-order chi connectivity index (χ0) is 8.10. The van der Waals surface area contributed by atoms with Gasteiger partial charge in [0.15, 0.2) is 0 Å². The Labute approximate surface area is 69.2 Å². The normalized spacial score (nSPS) is 32.5. The molecule has 1 nitrogen and oxygen atoms in total. The highest BCUT2D eigenvalue weighted by Crippen LogP contribution is 2.27.